The van der Waals surface area contributed by atoms with Crippen molar-refractivity contribution in [2.45, 2.75) is 37.3 Å². The lowest BCUT2D eigenvalue weighted by atomic mass is 9.87. The van der Waals surface area contributed by atoms with Crippen LogP contribution >= 0.6 is 0 Å². The summed E-state index contributed by atoms with van der Waals surface area (Å²) < 4.78 is 0. The average molecular weight is 164 g/mol. The molecule has 64 valence electrons. The number of nitrogens with zero attached hydrogens (tertiary/aromatic N) is 2. The molecule has 4 nitrogen and oxygen atoms in total. The van der Waals surface area contributed by atoms with E-state index in [0.29, 0.717) is 12.0 Å². The average Bonchev–Trinajstić information content (AvgIpc) is 2.81. The van der Waals surface area contributed by atoms with Gasteiger partial charge in [0.1, 0.15) is 0 Å². The van der Waals surface area contributed by atoms with Gasteiger partial charge in [-0.1, -0.05) is 0 Å². The molecule has 3 rings (SSSR count). The van der Waals surface area contributed by atoms with Crippen molar-refractivity contribution in [1.29, 1.82) is 0 Å². The topological polar surface area (TPSA) is 53.6 Å². The third-order valence-electron chi connectivity index (χ3n) is 3.11. The molecule has 0 saturated carbocycles. The van der Waals surface area contributed by atoms with Gasteiger partial charge >= 0.3 is 0 Å². The van der Waals surface area contributed by atoms with Gasteiger partial charge in [0.05, 0.1) is 11.9 Å². The highest BCUT2D eigenvalue weighted by molar-refractivity contribution is 5.14. The van der Waals surface area contributed by atoms with Crippen LogP contribution in [0.15, 0.2) is 6.20 Å². The molecule has 2 bridgehead atoms. The van der Waals surface area contributed by atoms with Gasteiger partial charge in [-0.25, -0.2) is 0 Å². The number of H-pyrrole nitrogens is 1. The first-order chi connectivity index (χ1) is 5.93. The molecule has 2 aliphatic rings. The van der Waals surface area contributed by atoms with Crippen molar-refractivity contribution < 1.29 is 0 Å². The fourth-order valence-electron chi connectivity index (χ4n) is 2.54. The lowest BCUT2D eigenvalue weighted by Crippen LogP contribution is -2.21. The minimum atomic E-state index is 0.613. The van der Waals surface area contributed by atoms with Gasteiger partial charge in [-0.2, -0.15) is 15.4 Å². The molecular formula is C8H12N4. The highest BCUT2D eigenvalue weighted by Gasteiger charge is 2.40. The molecule has 0 aromatic carbocycles. The molecular weight excluding hydrogens is 152 g/mol. The normalized spacial score (nSPS) is 39.2. The Bertz CT molecular complexity index is 269. The van der Waals surface area contributed by atoms with E-state index in [2.05, 4.69) is 20.7 Å². The Kier molecular flexibility index (Phi) is 1.26. The van der Waals surface area contributed by atoms with Crippen molar-refractivity contribution in [1.82, 2.24) is 20.7 Å². The second-order valence-corrected chi connectivity index (χ2v) is 3.78. The van der Waals surface area contributed by atoms with Crippen LogP contribution in [-0.4, -0.2) is 27.5 Å². The van der Waals surface area contributed by atoms with E-state index >= 15 is 0 Å². The van der Waals surface area contributed by atoms with Crippen molar-refractivity contribution in [2.75, 3.05) is 0 Å². The minimum absolute atomic E-state index is 0.613. The van der Waals surface area contributed by atoms with Crippen LogP contribution in [0.3, 0.4) is 0 Å². The smallest absolute Gasteiger partial charge is 0.0871 e. The summed E-state index contributed by atoms with van der Waals surface area (Å²) in [5.41, 5.74) is 1.13. The Hall–Kier alpha value is -0.900. The SMILES string of the molecule is c1n[nH]nc1C1CC2CCC1N2. The monoisotopic (exact) mass is 164 g/mol. The number of hydrogen-bond acceptors (Lipinski definition) is 3. The molecule has 0 aliphatic carbocycles. The van der Waals surface area contributed by atoms with Crippen LogP contribution in [0.1, 0.15) is 30.9 Å². The molecule has 0 spiro atoms. The van der Waals surface area contributed by atoms with E-state index in [-0.39, 0.29) is 0 Å². The second kappa shape index (κ2) is 2.29. The fraction of sp³-hybridized carbons (Fsp3) is 0.750. The zero-order valence-corrected chi connectivity index (χ0v) is 6.83. The van der Waals surface area contributed by atoms with Crippen molar-refractivity contribution in [3.8, 4) is 0 Å². The maximum absolute atomic E-state index is 4.14. The van der Waals surface area contributed by atoms with Gasteiger partial charge in [-0.15, -0.1) is 0 Å². The van der Waals surface area contributed by atoms with Gasteiger partial charge in [0, 0.05) is 18.0 Å². The first-order valence-corrected chi connectivity index (χ1v) is 4.55. The zero-order valence-electron chi connectivity index (χ0n) is 6.83. The van der Waals surface area contributed by atoms with Gasteiger partial charge in [0.15, 0.2) is 0 Å². The number of rotatable bonds is 1. The van der Waals surface area contributed by atoms with Crippen LogP contribution in [0.2, 0.25) is 0 Å². The van der Waals surface area contributed by atoms with Crippen LogP contribution in [0.4, 0.5) is 0 Å². The summed E-state index contributed by atoms with van der Waals surface area (Å²) in [6.07, 6.45) is 5.76. The van der Waals surface area contributed by atoms with Crippen molar-refractivity contribution in [2.24, 2.45) is 0 Å². The molecule has 2 aliphatic heterocycles. The summed E-state index contributed by atoms with van der Waals surface area (Å²) in [6, 6.07) is 1.41. The Morgan fingerprint density at radius 1 is 1.42 bits per heavy atom. The van der Waals surface area contributed by atoms with E-state index in [1.165, 1.54) is 19.3 Å². The number of aromatic amines is 1. The van der Waals surface area contributed by atoms with E-state index in [9.17, 15) is 0 Å². The minimum Gasteiger partial charge on any atom is -0.311 e. The summed E-state index contributed by atoms with van der Waals surface area (Å²) >= 11 is 0. The van der Waals surface area contributed by atoms with Crippen molar-refractivity contribution >= 4 is 0 Å². The maximum Gasteiger partial charge on any atom is 0.0871 e. The van der Waals surface area contributed by atoms with E-state index in [1.54, 1.807) is 0 Å². The molecule has 3 atom stereocenters. The second-order valence-electron chi connectivity index (χ2n) is 3.78. The highest BCUT2D eigenvalue weighted by atomic mass is 15.3. The predicted octanol–water partition coefficient (Wildman–Crippen LogP) is 0.413. The van der Waals surface area contributed by atoms with E-state index in [1.807, 2.05) is 6.20 Å². The third-order valence-corrected chi connectivity index (χ3v) is 3.11. The van der Waals surface area contributed by atoms with Crippen LogP contribution in [0.25, 0.3) is 0 Å². The summed E-state index contributed by atoms with van der Waals surface area (Å²) in [7, 11) is 0. The van der Waals surface area contributed by atoms with Crippen LogP contribution in [-0.2, 0) is 0 Å². The number of hydrogen-bond donors (Lipinski definition) is 2. The summed E-state index contributed by atoms with van der Waals surface area (Å²) in [5, 5.41) is 14.3. The van der Waals surface area contributed by atoms with Crippen LogP contribution in [0.5, 0.6) is 0 Å². The zero-order chi connectivity index (χ0) is 7.97. The largest absolute Gasteiger partial charge is 0.311 e. The molecule has 3 unspecified atom stereocenters. The molecule has 4 heteroatoms. The molecule has 2 saturated heterocycles. The van der Waals surface area contributed by atoms with E-state index in [0.717, 1.165) is 11.7 Å². The molecule has 12 heavy (non-hydrogen) atoms. The predicted molar refractivity (Wildman–Crippen MR) is 43.7 cm³/mol. The molecule has 0 amide bonds. The van der Waals surface area contributed by atoms with Crippen LogP contribution < -0.4 is 5.32 Å². The van der Waals surface area contributed by atoms with Crippen molar-refractivity contribution in [3.05, 3.63) is 11.9 Å². The van der Waals surface area contributed by atoms with E-state index < -0.39 is 0 Å². The van der Waals surface area contributed by atoms with Gasteiger partial charge in [0.2, 0.25) is 0 Å². The Balaban J connectivity index is 1.87. The van der Waals surface area contributed by atoms with Gasteiger partial charge in [0.25, 0.3) is 0 Å². The highest BCUT2D eigenvalue weighted by Crippen LogP contribution is 2.38. The third kappa shape index (κ3) is 0.813. The Labute approximate surface area is 70.7 Å². The van der Waals surface area contributed by atoms with Crippen molar-refractivity contribution in [3.63, 3.8) is 0 Å². The number of fused-ring (bicyclic) bond motifs is 2. The Morgan fingerprint density at radius 3 is 3.00 bits per heavy atom. The fourth-order valence-corrected chi connectivity index (χ4v) is 2.54. The molecule has 0 radical (unpaired) electrons. The van der Waals surface area contributed by atoms with Gasteiger partial charge < -0.3 is 5.32 Å². The Morgan fingerprint density at radius 2 is 2.42 bits per heavy atom. The summed E-state index contributed by atoms with van der Waals surface area (Å²) in [4.78, 5) is 0. The first kappa shape index (κ1) is 6.60. The summed E-state index contributed by atoms with van der Waals surface area (Å²) in [5.74, 6) is 0.613. The number of aromatic nitrogens is 3. The van der Waals surface area contributed by atoms with Gasteiger partial charge in [-0.3, -0.25) is 0 Å². The number of nitrogens with one attached hydrogen (secondary N) is 2. The van der Waals surface area contributed by atoms with Gasteiger partial charge in [-0.05, 0) is 19.3 Å². The molecule has 1 aromatic heterocycles. The lowest BCUT2D eigenvalue weighted by molar-refractivity contribution is 0.496. The standard InChI is InChI=1S/C8H12N4/c1-2-7-6(3-5(1)10-7)8-4-9-12-11-8/h4-7,10H,1-3H2,(H,9,11,12). The summed E-state index contributed by atoms with van der Waals surface area (Å²) in [6.45, 7) is 0. The van der Waals surface area contributed by atoms with E-state index in [4.69, 9.17) is 0 Å². The molecule has 2 N–H and O–H groups in total. The van der Waals surface area contributed by atoms with Crippen LogP contribution in [0, 0.1) is 0 Å². The molecule has 1 aromatic rings. The first-order valence-electron chi connectivity index (χ1n) is 4.55. The quantitative estimate of drug-likeness (QED) is 0.632. The molecule has 2 fully saturated rings. The molecule has 3 heterocycles. The maximum atomic E-state index is 4.14. The lowest BCUT2D eigenvalue weighted by Gasteiger charge is -2.16.